The SMILES string of the molecule is COC1(c2ccc(C(O[Si]C)(O[Si]C)C(C)C)c(CO[Si](C)(C)C(C)(C)C)c2)CCOCC1. The van der Waals surface area contributed by atoms with Gasteiger partial charge in [0.1, 0.15) is 0 Å². The first-order valence-electron chi connectivity index (χ1n) is 12.0. The summed E-state index contributed by atoms with van der Waals surface area (Å²) in [5.74, 6) is -0.643. The van der Waals surface area contributed by atoms with Crippen LogP contribution in [0.5, 0.6) is 0 Å². The van der Waals surface area contributed by atoms with Crippen molar-refractivity contribution < 1.29 is 22.8 Å². The van der Waals surface area contributed by atoms with Gasteiger partial charge in [-0.15, -0.1) is 0 Å². The minimum atomic E-state index is -1.95. The van der Waals surface area contributed by atoms with Gasteiger partial charge in [-0.1, -0.05) is 52.8 Å². The number of ether oxygens (including phenoxy) is 2. The summed E-state index contributed by atoms with van der Waals surface area (Å²) < 4.78 is 31.3. The fraction of sp³-hybridized carbons (Fsp3) is 0.760. The zero-order valence-electron chi connectivity index (χ0n) is 22.4. The quantitative estimate of drug-likeness (QED) is 0.269. The van der Waals surface area contributed by atoms with E-state index in [4.69, 9.17) is 22.8 Å². The van der Waals surface area contributed by atoms with Crippen molar-refractivity contribution >= 4 is 27.8 Å². The van der Waals surface area contributed by atoms with E-state index in [0.717, 1.165) is 24.0 Å². The van der Waals surface area contributed by atoms with Gasteiger partial charge in [0.15, 0.2) is 14.1 Å². The molecule has 1 aromatic rings. The minimum absolute atomic E-state index is 0.136. The van der Waals surface area contributed by atoms with Gasteiger partial charge in [0.05, 0.1) is 12.2 Å². The number of rotatable bonds is 11. The molecule has 0 atom stereocenters. The minimum Gasteiger partial charge on any atom is -0.413 e. The molecule has 5 nitrogen and oxygen atoms in total. The smallest absolute Gasteiger partial charge is 0.230 e. The van der Waals surface area contributed by atoms with Gasteiger partial charge in [-0.3, -0.25) is 0 Å². The second-order valence-electron chi connectivity index (χ2n) is 10.7. The lowest BCUT2D eigenvalue weighted by atomic mass is 9.82. The monoisotopic (exact) mass is 508 g/mol. The maximum Gasteiger partial charge on any atom is 0.230 e. The fourth-order valence-corrected chi connectivity index (χ4v) is 6.52. The van der Waals surface area contributed by atoms with Crippen LogP contribution in [-0.4, -0.2) is 48.2 Å². The first-order chi connectivity index (χ1) is 15.4. The van der Waals surface area contributed by atoms with Crippen LogP contribution in [0.15, 0.2) is 18.2 Å². The molecule has 0 saturated carbocycles. The third kappa shape index (κ3) is 6.27. The van der Waals surface area contributed by atoms with Crippen molar-refractivity contribution in [3.05, 3.63) is 34.9 Å². The van der Waals surface area contributed by atoms with Crippen LogP contribution < -0.4 is 0 Å². The maximum atomic E-state index is 6.73. The highest BCUT2D eigenvalue weighted by Gasteiger charge is 2.42. The maximum absolute atomic E-state index is 6.73. The first kappa shape index (κ1) is 28.9. The Hall–Kier alpha value is -0.329. The first-order valence-corrected chi connectivity index (χ1v) is 17.7. The van der Waals surface area contributed by atoms with Gasteiger partial charge >= 0.3 is 0 Å². The molecule has 0 N–H and O–H groups in total. The summed E-state index contributed by atoms with van der Waals surface area (Å²) in [6.45, 7) is 21.8. The Kier molecular flexibility index (Phi) is 10.2. The molecule has 1 saturated heterocycles. The summed E-state index contributed by atoms with van der Waals surface area (Å²) >= 11 is 0. The molecule has 33 heavy (non-hydrogen) atoms. The number of hydrogen-bond donors (Lipinski definition) is 0. The molecule has 1 heterocycles. The number of benzene rings is 1. The van der Waals surface area contributed by atoms with Crippen molar-refractivity contribution in [3.8, 4) is 0 Å². The zero-order chi connectivity index (χ0) is 24.9. The van der Waals surface area contributed by atoms with E-state index in [2.05, 4.69) is 79.0 Å². The Labute approximate surface area is 208 Å². The Bertz CT molecular complexity index is 749. The second-order valence-corrected chi connectivity index (χ2v) is 16.7. The molecule has 2 rings (SSSR count). The van der Waals surface area contributed by atoms with Gasteiger partial charge in [0.25, 0.3) is 0 Å². The number of methoxy groups -OCH3 is 1. The molecule has 0 bridgehead atoms. The third-order valence-corrected chi connectivity index (χ3v) is 12.9. The normalized spacial score (nSPS) is 17.5. The van der Waals surface area contributed by atoms with E-state index in [1.807, 2.05) is 7.11 Å². The average molecular weight is 509 g/mol. The van der Waals surface area contributed by atoms with Gasteiger partial charge in [0, 0.05) is 44.6 Å². The van der Waals surface area contributed by atoms with E-state index in [1.54, 1.807) is 0 Å². The average Bonchev–Trinajstić information content (AvgIpc) is 2.77. The molecular weight excluding hydrogens is 465 g/mol. The summed E-state index contributed by atoms with van der Waals surface area (Å²) in [6, 6.07) is 6.66. The van der Waals surface area contributed by atoms with Crippen LogP contribution in [0.25, 0.3) is 0 Å². The summed E-state index contributed by atoms with van der Waals surface area (Å²) in [4.78, 5) is 0. The van der Waals surface area contributed by atoms with E-state index in [-0.39, 0.29) is 16.6 Å². The van der Waals surface area contributed by atoms with Crippen LogP contribution in [-0.2, 0) is 40.7 Å². The molecule has 1 aliphatic heterocycles. The van der Waals surface area contributed by atoms with Crippen LogP contribution in [0.1, 0.15) is 64.2 Å². The van der Waals surface area contributed by atoms with Crippen molar-refractivity contribution in [1.82, 2.24) is 0 Å². The van der Waals surface area contributed by atoms with Crippen LogP contribution in [0.4, 0.5) is 0 Å². The molecule has 1 aromatic carbocycles. The second kappa shape index (κ2) is 11.6. The molecule has 1 fully saturated rings. The third-order valence-electron chi connectivity index (χ3n) is 7.36. The van der Waals surface area contributed by atoms with Gasteiger partial charge in [-0.2, -0.15) is 0 Å². The van der Waals surface area contributed by atoms with E-state index in [0.29, 0.717) is 39.3 Å². The lowest BCUT2D eigenvalue weighted by Crippen LogP contribution is -2.43. The van der Waals surface area contributed by atoms with Crippen molar-refractivity contribution in [2.45, 2.75) is 96.7 Å². The van der Waals surface area contributed by atoms with Crippen molar-refractivity contribution in [1.29, 1.82) is 0 Å². The van der Waals surface area contributed by atoms with Crippen LogP contribution in [0, 0.1) is 5.92 Å². The van der Waals surface area contributed by atoms with E-state index >= 15 is 0 Å². The van der Waals surface area contributed by atoms with Gasteiger partial charge in [0.2, 0.25) is 19.5 Å². The highest BCUT2D eigenvalue weighted by molar-refractivity contribution is 6.74. The van der Waals surface area contributed by atoms with E-state index < -0.39 is 14.1 Å². The topological polar surface area (TPSA) is 46.2 Å². The van der Waals surface area contributed by atoms with Crippen LogP contribution in [0.2, 0.25) is 31.2 Å². The zero-order valence-corrected chi connectivity index (χ0v) is 25.4. The summed E-state index contributed by atoms with van der Waals surface area (Å²) in [5, 5.41) is 0.136. The Balaban J connectivity index is 2.63. The van der Waals surface area contributed by atoms with Crippen LogP contribution in [0.3, 0.4) is 0 Å². The van der Waals surface area contributed by atoms with Crippen molar-refractivity contribution in [3.63, 3.8) is 0 Å². The van der Waals surface area contributed by atoms with Gasteiger partial charge < -0.3 is 22.8 Å². The molecule has 0 aromatic heterocycles. The molecular formula is C25H44O5Si3. The predicted octanol–water partition coefficient (Wildman–Crippen LogP) is 6.04. The van der Waals surface area contributed by atoms with Gasteiger partial charge in [-0.05, 0) is 42.4 Å². The molecule has 0 aliphatic carbocycles. The highest BCUT2D eigenvalue weighted by Crippen LogP contribution is 2.43. The molecule has 4 radical (unpaired) electrons. The largest absolute Gasteiger partial charge is 0.413 e. The summed E-state index contributed by atoms with van der Waals surface area (Å²) in [5.41, 5.74) is 3.05. The summed E-state index contributed by atoms with van der Waals surface area (Å²) in [6.07, 6.45) is 1.70. The molecule has 0 amide bonds. The predicted molar refractivity (Wildman–Crippen MR) is 139 cm³/mol. The molecule has 1 aliphatic rings. The Morgan fingerprint density at radius 3 is 2.09 bits per heavy atom. The number of hydrogen-bond acceptors (Lipinski definition) is 5. The summed E-state index contributed by atoms with van der Waals surface area (Å²) in [7, 11) is 0.499. The Morgan fingerprint density at radius 1 is 1.06 bits per heavy atom. The van der Waals surface area contributed by atoms with E-state index in [9.17, 15) is 0 Å². The Morgan fingerprint density at radius 2 is 1.64 bits per heavy atom. The van der Waals surface area contributed by atoms with Crippen molar-refractivity contribution in [2.75, 3.05) is 20.3 Å². The van der Waals surface area contributed by atoms with Crippen molar-refractivity contribution in [2.24, 2.45) is 5.92 Å². The van der Waals surface area contributed by atoms with E-state index in [1.165, 1.54) is 5.56 Å². The molecule has 0 unspecified atom stereocenters. The standard InChI is InChI=1S/C25H44O5Si3/c1-19(2)25(29-31-7,30-32-8)22-12-11-21(24(26-6)13-15-27-16-14-24)17-20(22)18-28-33(9,10)23(3,4)5/h11-12,17,19H,13-16,18H2,1-10H3. The molecule has 0 spiro atoms. The van der Waals surface area contributed by atoms with Crippen LogP contribution >= 0.6 is 0 Å². The molecule has 186 valence electrons. The lowest BCUT2D eigenvalue weighted by molar-refractivity contribution is -0.157. The highest BCUT2D eigenvalue weighted by atomic mass is 28.4. The lowest BCUT2D eigenvalue weighted by Gasteiger charge is -2.42. The fourth-order valence-electron chi connectivity index (χ4n) is 4.10. The van der Waals surface area contributed by atoms with Gasteiger partial charge in [-0.25, -0.2) is 0 Å². The molecule has 8 heteroatoms.